The zero-order valence-corrected chi connectivity index (χ0v) is 12.0. The monoisotopic (exact) mass is 274 g/mol. The normalized spacial score (nSPS) is 22.4. The third-order valence-corrected chi connectivity index (χ3v) is 4.23. The Morgan fingerprint density at radius 2 is 2.10 bits per heavy atom. The number of ether oxygens (including phenoxy) is 1. The van der Waals surface area contributed by atoms with Crippen LogP contribution in [0.3, 0.4) is 0 Å². The standard InChI is InChI=1S/C16H22N2O2/c1-2-20-13-7-9-18(10-8-13)16(19)15-11-12-5-3-4-6-14(12)17-15/h3-6,13,15,17H,2,7-11H2,1H3/t15-/m0/s1. The van der Waals surface area contributed by atoms with Crippen LogP contribution in [-0.4, -0.2) is 42.6 Å². The van der Waals surface area contributed by atoms with Crippen LogP contribution >= 0.6 is 0 Å². The highest BCUT2D eigenvalue weighted by Gasteiger charge is 2.32. The molecule has 1 amide bonds. The third kappa shape index (κ3) is 2.66. The lowest BCUT2D eigenvalue weighted by molar-refractivity contribution is -0.134. The first-order valence-corrected chi connectivity index (χ1v) is 7.52. The average molecular weight is 274 g/mol. The third-order valence-electron chi connectivity index (χ3n) is 4.23. The second-order valence-corrected chi connectivity index (χ2v) is 5.54. The summed E-state index contributed by atoms with van der Waals surface area (Å²) < 4.78 is 5.63. The van der Waals surface area contributed by atoms with E-state index in [-0.39, 0.29) is 11.9 Å². The molecular weight excluding hydrogens is 252 g/mol. The fourth-order valence-corrected chi connectivity index (χ4v) is 3.15. The van der Waals surface area contributed by atoms with Gasteiger partial charge in [0.05, 0.1) is 6.10 Å². The van der Waals surface area contributed by atoms with E-state index in [4.69, 9.17) is 4.74 Å². The number of piperidine rings is 1. The molecule has 20 heavy (non-hydrogen) atoms. The highest BCUT2D eigenvalue weighted by atomic mass is 16.5. The summed E-state index contributed by atoms with van der Waals surface area (Å²) in [5.41, 5.74) is 2.35. The van der Waals surface area contributed by atoms with Crippen LogP contribution in [0.4, 0.5) is 5.69 Å². The number of carbonyl (C=O) groups is 1. The van der Waals surface area contributed by atoms with Crippen molar-refractivity contribution in [1.82, 2.24) is 4.90 Å². The zero-order valence-electron chi connectivity index (χ0n) is 12.0. The molecule has 0 aromatic heterocycles. The number of rotatable bonds is 3. The quantitative estimate of drug-likeness (QED) is 0.917. The summed E-state index contributed by atoms with van der Waals surface area (Å²) in [6.07, 6.45) is 3.05. The number of carbonyl (C=O) groups excluding carboxylic acids is 1. The van der Waals surface area contributed by atoms with Crippen LogP contribution in [0.1, 0.15) is 25.3 Å². The Kier molecular flexibility index (Phi) is 3.92. The van der Waals surface area contributed by atoms with Gasteiger partial charge in [-0.1, -0.05) is 18.2 Å². The second kappa shape index (κ2) is 5.83. The number of amides is 1. The predicted octanol–water partition coefficient (Wildman–Crippen LogP) is 2.05. The van der Waals surface area contributed by atoms with Gasteiger partial charge in [-0.05, 0) is 31.4 Å². The van der Waals surface area contributed by atoms with Crippen LogP contribution in [0, 0.1) is 0 Å². The number of hydrogen-bond acceptors (Lipinski definition) is 3. The molecule has 2 aliphatic heterocycles. The number of nitrogens with zero attached hydrogens (tertiary/aromatic N) is 1. The maximum absolute atomic E-state index is 12.6. The molecule has 2 aliphatic rings. The first-order valence-electron chi connectivity index (χ1n) is 7.52. The van der Waals surface area contributed by atoms with Gasteiger partial charge in [0, 0.05) is 31.8 Å². The zero-order chi connectivity index (χ0) is 13.9. The fourth-order valence-electron chi connectivity index (χ4n) is 3.15. The van der Waals surface area contributed by atoms with Crippen molar-refractivity contribution in [3.8, 4) is 0 Å². The lowest BCUT2D eigenvalue weighted by Gasteiger charge is -2.33. The van der Waals surface area contributed by atoms with Crippen LogP contribution in [0.5, 0.6) is 0 Å². The summed E-state index contributed by atoms with van der Waals surface area (Å²) in [4.78, 5) is 14.5. The molecule has 108 valence electrons. The average Bonchev–Trinajstić information content (AvgIpc) is 2.91. The highest BCUT2D eigenvalue weighted by molar-refractivity contribution is 5.87. The second-order valence-electron chi connectivity index (χ2n) is 5.54. The summed E-state index contributed by atoms with van der Waals surface area (Å²) in [5, 5.41) is 3.35. The van der Waals surface area contributed by atoms with Crippen molar-refractivity contribution in [2.45, 2.75) is 38.3 Å². The first kappa shape index (κ1) is 13.4. The van der Waals surface area contributed by atoms with E-state index in [0.717, 1.165) is 44.6 Å². The van der Waals surface area contributed by atoms with Crippen molar-refractivity contribution < 1.29 is 9.53 Å². The lowest BCUT2D eigenvalue weighted by Crippen LogP contribution is -2.47. The molecule has 1 atom stereocenters. The van der Waals surface area contributed by atoms with E-state index in [1.165, 1.54) is 5.56 Å². The Morgan fingerprint density at radius 3 is 2.80 bits per heavy atom. The van der Waals surface area contributed by atoms with Crippen LogP contribution in [0.15, 0.2) is 24.3 Å². The van der Waals surface area contributed by atoms with Gasteiger partial charge in [0.1, 0.15) is 6.04 Å². The van der Waals surface area contributed by atoms with Gasteiger partial charge in [-0.25, -0.2) is 0 Å². The van der Waals surface area contributed by atoms with Crippen molar-refractivity contribution in [2.24, 2.45) is 0 Å². The van der Waals surface area contributed by atoms with Gasteiger partial charge in [0.15, 0.2) is 0 Å². The first-order chi connectivity index (χ1) is 9.78. The molecule has 0 radical (unpaired) electrons. The van der Waals surface area contributed by atoms with Crippen molar-refractivity contribution in [2.75, 3.05) is 25.0 Å². The van der Waals surface area contributed by atoms with E-state index in [0.29, 0.717) is 6.10 Å². The number of fused-ring (bicyclic) bond motifs is 1. The van der Waals surface area contributed by atoms with Gasteiger partial charge >= 0.3 is 0 Å². The summed E-state index contributed by atoms with van der Waals surface area (Å²) in [6.45, 7) is 4.42. The van der Waals surface area contributed by atoms with Crippen LogP contribution in [0.2, 0.25) is 0 Å². The van der Waals surface area contributed by atoms with E-state index >= 15 is 0 Å². The molecule has 4 heteroatoms. The van der Waals surface area contributed by atoms with Gasteiger partial charge in [-0.2, -0.15) is 0 Å². The van der Waals surface area contributed by atoms with Crippen LogP contribution < -0.4 is 5.32 Å². The Balaban J connectivity index is 1.56. The largest absolute Gasteiger partial charge is 0.378 e. The molecule has 4 nitrogen and oxygen atoms in total. The fraction of sp³-hybridized carbons (Fsp3) is 0.562. The van der Waals surface area contributed by atoms with Gasteiger partial charge in [0.2, 0.25) is 5.91 Å². The Labute approximate surface area is 120 Å². The molecule has 3 rings (SSSR count). The molecule has 1 N–H and O–H groups in total. The van der Waals surface area contributed by atoms with Gasteiger partial charge in [-0.3, -0.25) is 4.79 Å². The molecule has 1 fully saturated rings. The molecule has 1 saturated heterocycles. The van der Waals surface area contributed by atoms with E-state index in [1.807, 2.05) is 30.0 Å². The molecular formula is C16H22N2O2. The number of para-hydroxylation sites is 1. The molecule has 2 heterocycles. The summed E-state index contributed by atoms with van der Waals surface area (Å²) >= 11 is 0. The Bertz CT molecular complexity index is 456. The Hall–Kier alpha value is -1.55. The van der Waals surface area contributed by atoms with E-state index in [2.05, 4.69) is 11.4 Å². The van der Waals surface area contributed by atoms with Crippen molar-refractivity contribution >= 4 is 11.6 Å². The molecule has 0 unspecified atom stereocenters. The number of nitrogens with one attached hydrogen (secondary N) is 1. The SMILES string of the molecule is CCOC1CCN(C(=O)[C@@H]2Cc3ccccc3N2)CC1. The van der Waals surface area contributed by atoms with E-state index in [1.54, 1.807) is 0 Å². The molecule has 0 saturated carbocycles. The smallest absolute Gasteiger partial charge is 0.245 e. The minimum Gasteiger partial charge on any atom is -0.378 e. The van der Waals surface area contributed by atoms with Crippen molar-refractivity contribution in [3.63, 3.8) is 0 Å². The number of likely N-dealkylation sites (tertiary alicyclic amines) is 1. The summed E-state index contributed by atoms with van der Waals surface area (Å²) in [6, 6.07) is 8.09. The van der Waals surface area contributed by atoms with Gasteiger partial charge < -0.3 is 15.0 Å². The maximum Gasteiger partial charge on any atom is 0.245 e. The predicted molar refractivity (Wildman–Crippen MR) is 78.8 cm³/mol. The maximum atomic E-state index is 12.6. The molecule has 0 spiro atoms. The highest BCUT2D eigenvalue weighted by Crippen LogP contribution is 2.26. The summed E-state index contributed by atoms with van der Waals surface area (Å²) in [5.74, 6) is 0.233. The van der Waals surface area contributed by atoms with Gasteiger partial charge in [-0.15, -0.1) is 0 Å². The molecule has 1 aromatic carbocycles. The summed E-state index contributed by atoms with van der Waals surface area (Å²) in [7, 11) is 0. The van der Waals surface area contributed by atoms with E-state index in [9.17, 15) is 4.79 Å². The van der Waals surface area contributed by atoms with E-state index < -0.39 is 0 Å². The lowest BCUT2D eigenvalue weighted by atomic mass is 10.0. The van der Waals surface area contributed by atoms with Crippen molar-refractivity contribution in [3.05, 3.63) is 29.8 Å². The molecule has 0 aliphatic carbocycles. The van der Waals surface area contributed by atoms with Crippen molar-refractivity contribution in [1.29, 1.82) is 0 Å². The molecule has 1 aromatic rings. The van der Waals surface area contributed by atoms with Crippen LogP contribution in [-0.2, 0) is 16.0 Å². The van der Waals surface area contributed by atoms with Crippen LogP contribution in [0.25, 0.3) is 0 Å². The minimum atomic E-state index is -0.0870. The topological polar surface area (TPSA) is 41.6 Å². The Morgan fingerprint density at radius 1 is 1.35 bits per heavy atom. The number of anilines is 1. The van der Waals surface area contributed by atoms with Gasteiger partial charge in [0.25, 0.3) is 0 Å². The number of hydrogen-bond donors (Lipinski definition) is 1. The molecule has 0 bridgehead atoms. The number of benzene rings is 1. The minimum absolute atomic E-state index is 0.0870.